The molecule has 0 aromatic heterocycles. The summed E-state index contributed by atoms with van der Waals surface area (Å²) >= 11 is 13.0. The number of fused-ring (bicyclic) bond motifs is 1. The number of nitrogens with zero attached hydrogens (tertiary/aromatic N) is 1. The lowest BCUT2D eigenvalue weighted by Crippen LogP contribution is -2.32. The topological polar surface area (TPSA) is 59.3 Å². The summed E-state index contributed by atoms with van der Waals surface area (Å²) < 4.78 is 11.5. The van der Waals surface area contributed by atoms with Gasteiger partial charge < -0.3 is 9.47 Å². The quantitative estimate of drug-likeness (QED) is 0.494. The Morgan fingerprint density at radius 1 is 1.10 bits per heavy atom. The second-order valence-corrected chi connectivity index (χ2v) is 9.03. The lowest BCUT2D eigenvalue weighted by Gasteiger charge is -2.29. The third-order valence-corrected chi connectivity index (χ3v) is 7.26. The number of nitriles is 1. The molecule has 0 spiro atoms. The molecule has 0 radical (unpaired) electrons. The fraction of sp³-hybridized carbons (Fsp3) is 0.417. The molecule has 1 saturated carbocycles. The van der Waals surface area contributed by atoms with Gasteiger partial charge in [0.25, 0.3) is 0 Å². The van der Waals surface area contributed by atoms with Crippen LogP contribution in [0.15, 0.2) is 30.3 Å². The van der Waals surface area contributed by atoms with Crippen LogP contribution < -0.4 is 9.47 Å². The molecule has 2 aromatic carbocycles. The number of benzene rings is 2. The van der Waals surface area contributed by atoms with Crippen molar-refractivity contribution in [3.63, 3.8) is 0 Å². The van der Waals surface area contributed by atoms with Crippen LogP contribution in [0, 0.1) is 22.7 Å². The van der Waals surface area contributed by atoms with E-state index in [1.807, 2.05) is 6.07 Å². The minimum absolute atomic E-state index is 0.118. The fourth-order valence-electron chi connectivity index (χ4n) is 4.73. The first kappa shape index (κ1) is 21.0. The monoisotopic (exact) mass is 443 g/mol. The predicted molar refractivity (Wildman–Crippen MR) is 117 cm³/mol. The van der Waals surface area contributed by atoms with E-state index in [1.165, 1.54) is 12.8 Å². The van der Waals surface area contributed by atoms with Gasteiger partial charge in [0.05, 0.1) is 16.7 Å². The number of halogens is 2. The van der Waals surface area contributed by atoms with Crippen LogP contribution in [0.2, 0.25) is 10.0 Å². The summed E-state index contributed by atoms with van der Waals surface area (Å²) in [6.07, 6.45) is 5.24. The highest BCUT2D eigenvalue weighted by Gasteiger charge is 2.49. The molecule has 0 saturated heterocycles. The van der Waals surface area contributed by atoms with Crippen molar-refractivity contribution in [2.75, 3.05) is 13.2 Å². The summed E-state index contributed by atoms with van der Waals surface area (Å²) in [7, 11) is 0. The van der Waals surface area contributed by atoms with E-state index in [2.05, 4.69) is 13.0 Å². The average Bonchev–Trinajstić information content (AvgIpc) is 3.37. The van der Waals surface area contributed by atoms with Crippen LogP contribution in [-0.2, 0) is 6.42 Å². The fourth-order valence-corrected chi connectivity index (χ4v) is 5.24. The van der Waals surface area contributed by atoms with Crippen LogP contribution >= 0.6 is 23.2 Å². The Balaban J connectivity index is 1.44. The Morgan fingerprint density at radius 2 is 1.77 bits per heavy atom. The molecule has 4 nitrogen and oxygen atoms in total. The Labute approximate surface area is 186 Å². The van der Waals surface area contributed by atoms with Crippen molar-refractivity contribution in [1.82, 2.24) is 0 Å². The van der Waals surface area contributed by atoms with Crippen molar-refractivity contribution in [1.29, 1.82) is 5.26 Å². The molecule has 2 aromatic rings. The molecule has 4 rings (SSSR count). The van der Waals surface area contributed by atoms with E-state index in [0.29, 0.717) is 46.6 Å². The van der Waals surface area contributed by atoms with Gasteiger partial charge in [0.1, 0.15) is 29.7 Å². The van der Waals surface area contributed by atoms with Gasteiger partial charge in [-0.25, -0.2) is 0 Å². The SMILES string of the molecule is CC1(C2CCCC2)Cc2cc(OCCOc3ccc(C#N)cc3)c(Cl)c(Cl)c2C1=O. The van der Waals surface area contributed by atoms with Crippen LogP contribution in [0.5, 0.6) is 11.5 Å². The number of ketones is 1. The lowest BCUT2D eigenvalue weighted by atomic mass is 9.73. The molecule has 1 atom stereocenters. The molecule has 2 aliphatic carbocycles. The van der Waals surface area contributed by atoms with Gasteiger partial charge in [-0.2, -0.15) is 5.26 Å². The van der Waals surface area contributed by atoms with Crippen molar-refractivity contribution in [2.45, 2.75) is 39.0 Å². The second-order valence-electron chi connectivity index (χ2n) is 8.27. The van der Waals surface area contributed by atoms with Gasteiger partial charge in [0.2, 0.25) is 0 Å². The van der Waals surface area contributed by atoms with Crippen molar-refractivity contribution in [3.05, 3.63) is 57.1 Å². The summed E-state index contributed by atoms with van der Waals surface area (Å²) in [5, 5.41) is 9.41. The standard InChI is InChI=1S/C24H23Cl2NO3/c1-24(17-4-2-3-5-17)13-16-12-19(21(25)22(26)20(16)23(24)28)30-11-10-29-18-8-6-15(14-27)7-9-18/h6-9,12,17H,2-5,10-11,13H2,1H3. The predicted octanol–water partition coefficient (Wildman–Crippen LogP) is 6.26. The van der Waals surface area contributed by atoms with Crippen molar-refractivity contribution < 1.29 is 14.3 Å². The summed E-state index contributed by atoms with van der Waals surface area (Å²) in [6, 6.07) is 10.8. The van der Waals surface area contributed by atoms with Crippen LogP contribution in [0.1, 0.15) is 54.1 Å². The molecular weight excluding hydrogens is 421 g/mol. The molecule has 0 heterocycles. The Hall–Kier alpha value is -2.22. The van der Waals surface area contributed by atoms with Crippen LogP contribution in [0.3, 0.4) is 0 Å². The van der Waals surface area contributed by atoms with E-state index in [-0.39, 0.29) is 17.4 Å². The minimum Gasteiger partial charge on any atom is -0.490 e. The third-order valence-electron chi connectivity index (χ3n) is 6.41. The largest absolute Gasteiger partial charge is 0.490 e. The summed E-state index contributed by atoms with van der Waals surface area (Å²) in [5.74, 6) is 1.66. The molecule has 0 N–H and O–H groups in total. The van der Waals surface area contributed by atoms with Crippen molar-refractivity contribution in [2.24, 2.45) is 11.3 Å². The molecule has 0 aliphatic heterocycles. The first-order valence-electron chi connectivity index (χ1n) is 10.3. The van der Waals surface area contributed by atoms with E-state index < -0.39 is 5.41 Å². The number of rotatable bonds is 6. The smallest absolute Gasteiger partial charge is 0.171 e. The van der Waals surface area contributed by atoms with Gasteiger partial charge in [-0.15, -0.1) is 0 Å². The Bertz CT molecular complexity index is 1010. The van der Waals surface area contributed by atoms with E-state index in [4.69, 9.17) is 37.9 Å². The van der Waals surface area contributed by atoms with Gasteiger partial charge in [0.15, 0.2) is 5.78 Å². The Kier molecular flexibility index (Phi) is 5.95. The molecule has 6 heteroatoms. The van der Waals surface area contributed by atoms with Gasteiger partial charge in [-0.3, -0.25) is 4.79 Å². The summed E-state index contributed by atoms with van der Waals surface area (Å²) in [6.45, 7) is 2.67. The molecule has 1 unspecified atom stereocenters. The number of hydrogen-bond donors (Lipinski definition) is 0. The van der Waals surface area contributed by atoms with Gasteiger partial charge >= 0.3 is 0 Å². The average molecular weight is 444 g/mol. The number of carbonyl (C=O) groups is 1. The maximum atomic E-state index is 13.2. The molecule has 156 valence electrons. The van der Waals surface area contributed by atoms with Gasteiger partial charge in [-0.05, 0) is 61.1 Å². The Morgan fingerprint density at radius 3 is 2.43 bits per heavy atom. The molecule has 30 heavy (non-hydrogen) atoms. The molecule has 2 aliphatic rings. The highest BCUT2D eigenvalue weighted by molar-refractivity contribution is 6.45. The van der Waals surface area contributed by atoms with Crippen molar-refractivity contribution >= 4 is 29.0 Å². The minimum atomic E-state index is -0.400. The summed E-state index contributed by atoms with van der Waals surface area (Å²) in [4.78, 5) is 13.2. The summed E-state index contributed by atoms with van der Waals surface area (Å²) in [5.41, 5.74) is 1.67. The van der Waals surface area contributed by atoms with E-state index in [1.54, 1.807) is 24.3 Å². The normalized spacial score (nSPS) is 20.8. The molecule has 0 bridgehead atoms. The first-order valence-corrected chi connectivity index (χ1v) is 11.0. The van der Waals surface area contributed by atoms with E-state index >= 15 is 0 Å². The van der Waals surface area contributed by atoms with Crippen LogP contribution in [0.4, 0.5) is 0 Å². The number of hydrogen-bond acceptors (Lipinski definition) is 4. The first-order chi connectivity index (χ1) is 14.4. The van der Waals surface area contributed by atoms with Gasteiger partial charge in [0, 0.05) is 11.0 Å². The maximum Gasteiger partial charge on any atom is 0.171 e. The number of carbonyl (C=O) groups excluding carboxylic acids is 1. The molecular formula is C24H23Cl2NO3. The highest BCUT2D eigenvalue weighted by atomic mass is 35.5. The maximum absolute atomic E-state index is 13.2. The number of ether oxygens (including phenoxy) is 2. The third kappa shape index (κ3) is 3.77. The second kappa shape index (κ2) is 8.49. The zero-order valence-electron chi connectivity index (χ0n) is 16.8. The zero-order chi connectivity index (χ0) is 21.3. The van der Waals surface area contributed by atoms with E-state index in [9.17, 15) is 4.79 Å². The molecule has 1 fully saturated rings. The lowest BCUT2D eigenvalue weighted by molar-refractivity contribution is 0.0744. The molecule has 0 amide bonds. The van der Waals surface area contributed by atoms with Crippen LogP contribution in [0.25, 0.3) is 0 Å². The highest BCUT2D eigenvalue weighted by Crippen LogP contribution is 2.52. The van der Waals surface area contributed by atoms with Crippen molar-refractivity contribution in [3.8, 4) is 17.6 Å². The number of Topliss-reactive ketones (excluding diaryl/α,β-unsaturated/α-hetero) is 1. The van der Waals surface area contributed by atoms with E-state index in [0.717, 1.165) is 18.4 Å². The van der Waals surface area contributed by atoms with Gasteiger partial charge in [-0.1, -0.05) is 43.0 Å². The van der Waals surface area contributed by atoms with Crippen LogP contribution in [-0.4, -0.2) is 19.0 Å². The zero-order valence-corrected chi connectivity index (χ0v) is 18.4.